The van der Waals surface area contributed by atoms with Gasteiger partial charge < -0.3 is 5.32 Å². The van der Waals surface area contributed by atoms with Gasteiger partial charge in [-0.05, 0) is 95.6 Å². The van der Waals surface area contributed by atoms with Gasteiger partial charge in [0.05, 0.1) is 6.20 Å². The van der Waals surface area contributed by atoms with Crippen molar-refractivity contribution in [1.82, 2.24) is 15.5 Å². The fraction of sp³-hybridized carbons (Fsp3) is 0.484. The zero-order valence-corrected chi connectivity index (χ0v) is 21.0. The maximum atomic E-state index is 13.0. The van der Waals surface area contributed by atoms with Crippen LogP contribution in [0.15, 0.2) is 54.9 Å². The zero-order valence-electron chi connectivity index (χ0n) is 21.0. The highest BCUT2D eigenvalue weighted by molar-refractivity contribution is 5.94. The summed E-state index contributed by atoms with van der Waals surface area (Å²) in [6, 6.07) is 15.0. The van der Waals surface area contributed by atoms with Crippen molar-refractivity contribution < 1.29 is 4.79 Å². The van der Waals surface area contributed by atoms with E-state index in [1.165, 1.54) is 55.2 Å². The summed E-state index contributed by atoms with van der Waals surface area (Å²) in [7, 11) is 0. The molecule has 2 fully saturated rings. The van der Waals surface area contributed by atoms with Gasteiger partial charge in [0.2, 0.25) is 0 Å². The highest BCUT2D eigenvalue weighted by Crippen LogP contribution is 2.56. The second kappa shape index (κ2) is 8.96. The van der Waals surface area contributed by atoms with Crippen LogP contribution in [0.1, 0.15) is 73.0 Å². The third kappa shape index (κ3) is 4.32. The number of aromatic nitrogens is 2. The van der Waals surface area contributed by atoms with Crippen molar-refractivity contribution in [3.8, 4) is 11.1 Å². The van der Waals surface area contributed by atoms with Gasteiger partial charge in [0.15, 0.2) is 0 Å². The van der Waals surface area contributed by atoms with E-state index >= 15 is 0 Å². The van der Waals surface area contributed by atoms with E-state index in [9.17, 15) is 4.79 Å². The number of nitrogens with one attached hydrogen (secondary N) is 2. The first kappa shape index (κ1) is 22.6. The molecule has 2 saturated carbocycles. The van der Waals surface area contributed by atoms with Crippen LogP contribution in [-0.2, 0) is 18.3 Å². The Labute approximate surface area is 208 Å². The number of fused-ring (bicyclic) bond motifs is 4. The Hall–Kier alpha value is -2.88. The van der Waals surface area contributed by atoms with Gasteiger partial charge in [-0.15, -0.1) is 0 Å². The lowest BCUT2D eigenvalue weighted by atomic mass is 9.51. The van der Waals surface area contributed by atoms with Crippen molar-refractivity contribution >= 4 is 5.91 Å². The normalized spacial score (nSPS) is 27.3. The molecule has 0 saturated heterocycles. The van der Waals surface area contributed by atoms with E-state index in [4.69, 9.17) is 0 Å². The molecule has 2 N–H and O–H groups in total. The van der Waals surface area contributed by atoms with Gasteiger partial charge >= 0.3 is 0 Å². The number of hydrogen-bond acceptors (Lipinski definition) is 2. The Morgan fingerprint density at radius 1 is 1.11 bits per heavy atom. The Kier molecular flexibility index (Phi) is 5.78. The number of carbonyl (C=O) groups is 1. The van der Waals surface area contributed by atoms with Crippen LogP contribution in [0.4, 0.5) is 0 Å². The molecule has 6 rings (SSSR count). The molecule has 1 aromatic heterocycles. The molecule has 4 atom stereocenters. The molecule has 0 spiro atoms. The van der Waals surface area contributed by atoms with Gasteiger partial charge in [0.25, 0.3) is 5.91 Å². The molecule has 4 heteroatoms. The zero-order chi connectivity index (χ0) is 24.0. The average Bonchev–Trinajstić information content (AvgIpc) is 3.52. The first-order valence-electron chi connectivity index (χ1n) is 13.5. The van der Waals surface area contributed by atoms with Gasteiger partial charge in [-0.25, -0.2) is 0 Å². The molecule has 1 heterocycles. The quantitative estimate of drug-likeness (QED) is 0.427. The van der Waals surface area contributed by atoms with Crippen molar-refractivity contribution in [2.24, 2.45) is 23.7 Å². The molecule has 0 aliphatic heterocycles. The topological polar surface area (TPSA) is 57.8 Å². The predicted molar refractivity (Wildman–Crippen MR) is 140 cm³/mol. The van der Waals surface area contributed by atoms with E-state index in [0.717, 1.165) is 40.9 Å². The lowest BCUT2D eigenvalue weighted by molar-refractivity contribution is 0.0594. The molecule has 4 nitrogen and oxygen atoms in total. The number of nitrogens with zero attached hydrogens (tertiary/aromatic N) is 1. The minimum absolute atomic E-state index is 0.0450. The highest BCUT2D eigenvalue weighted by Gasteiger charge is 2.49. The molecule has 3 aromatic rings. The summed E-state index contributed by atoms with van der Waals surface area (Å²) >= 11 is 0. The van der Waals surface area contributed by atoms with Gasteiger partial charge in [-0.2, -0.15) is 5.10 Å². The Bertz CT molecular complexity index is 1190. The lowest BCUT2D eigenvalue weighted by Gasteiger charge is -2.53. The van der Waals surface area contributed by atoms with Gasteiger partial charge in [0, 0.05) is 23.9 Å². The maximum absolute atomic E-state index is 13.0. The van der Waals surface area contributed by atoms with Crippen molar-refractivity contribution in [3.05, 3.63) is 77.1 Å². The molecule has 35 heavy (non-hydrogen) atoms. The van der Waals surface area contributed by atoms with E-state index in [1.807, 2.05) is 12.4 Å². The van der Waals surface area contributed by atoms with Crippen molar-refractivity contribution in [3.63, 3.8) is 0 Å². The van der Waals surface area contributed by atoms with Gasteiger partial charge in [-0.1, -0.05) is 57.0 Å². The number of amides is 1. The number of aromatic amines is 1. The number of benzene rings is 2. The largest absolute Gasteiger partial charge is 0.352 e. The molecule has 1 amide bonds. The third-order valence-electron chi connectivity index (χ3n) is 9.55. The minimum atomic E-state index is 0.0450. The van der Waals surface area contributed by atoms with Gasteiger partial charge in [0.1, 0.15) is 0 Å². The number of carbonyl (C=O) groups excluding carboxylic acids is 1. The van der Waals surface area contributed by atoms with Crippen LogP contribution in [0, 0.1) is 23.7 Å². The van der Waals surface area contributed by atoms with E-state index in [0.29, 0.717) is 12.5 Å². The summed E-state index contributed by atoms with van der Waals surface area (Å²) in [5.74, 6) is 3.45. The predicted octanol–water partition coefficient (Wildman–Crippen LogP) is 6.33. The van der Waals surface area contributed by atoms with Crippen LogP contribution in [0.5, 0.6) is 0 Å². The van der Waals surface area contributed by atoms with E-state index in [1.54, 1.807) is 0 Å². The molecule has 3 aliphatic carbocycles. The van der Waals surface area contributed by atoms with Crippen LogP contribution < -0.4 is 5.32 Å². The van der Waals surface area contributed by atoms with E-state index in [-0.39, 0.29) is 11.3 Å². The monoisotopic (exact) mass is 467 g/mol. The number of rotatable bonds is 7. The Morgan fingerprint density at radius 3 is 2.69 bits per heavy atom. The summed E-state index contributed by atoms with van der Waals surface area (Å²) in [4.78, 5) is 13.0. The molecule has 1 unspecified atom stereocenters. The van der Waals surface area contributed by atoms with E-state index < -0.39 is 0 Å². The summed E-state index contributed by atoms with van der Waals surface area (Å²) in [5, 5.41) is 10.0. The second-order valence-corrected chi connectivity index (χ2v) is 11.6. The van der Waals surface area contributed by atoms with E-state index in [2.05, 4.69) is 71.8 Å². The molecular formula is C31H37N3O. The first-order valence-corrected chi connectivity index (χ1v) is 13.5. The molecule has 0 radical (unpaired) electrons. The van der Waals surface area contributed by atoms with Crippen LogP contribution in [0.2, 0.25) is 0 Å². The maximum Gasteiger partial charge on any atom is 0.251 e. The Morgan fingerprint density at radius 2 is 1.94 bits per heavy atom. The van der Waals surface area contributed by atoms with Crippen LogP contribution in [0.25, 0.3) is 11.1 Å². The third-order valence-corrected chi connectivity index (χ3v) is 9.55. The van der Waals surface area contributed by atoms with Crippen LogP contribution >= 0.6 is 0 Å². The Balaban J connectivity index is 1.10. The fourth-order valence-corrected chi connectivity index (χ4v) is 6.98. The molecule has 182 valence electrons. The smallest absolute Gasteiger partial charge is 0.251 e. The standard InChI is InChI=1S/C31H37N3O/c1-20-28-16-25-9-10-26(17-29(25)31(20,2)13-11-24(28)15-22-3-4-22)30(35)32-14-12-21-5-7-23(8-6-21)27-18-33-34-19-27/h5-10,17-20,22,24,28H,3-4,11-16H2,1-2H3,(H,32,35)(H,33,34)/t20-,24?,28+,31-/m0/s1. The first-order chi connectivity index (χ1) is 17.0. The average molecular weight is 468 g/mol. The second-order valence-electron chi connectivity index (χ2n) is 11.6. The fourth-order valence-electron chi connectivity index (χ4n) is 6.98. The lowest BCUT2D eigenvalue weighted by Crippen LogP contribution is -2.48. The highest BCUT2D eigenvalue weighted by atomic mass is 16.1. The molecule has 2 aromatic carbocycles. The van der Waals surface area contributed by atoms with Crippen LogP contribution in [-0.4, -0.2) is 22.6 Å². The van der Waals surface area contributed by atoms with Crippen molar-refractivity contribution in [2.45, 2.75) is 64.2 Å². The van der Waals surface area contributed by atoms with Crippen molar-refractivity contribution in [2.75, 3.05) is 6.54 Å². The number of hydrogen-bond donors (Lipinski definition) is 2. The summed E-state index contributed by atoms with van der Waals surface area (Å²) in [6.45, 7) is 5.59. The van der Waals surface area contributed by atoms with Crippen LogP contribution in [0.3, 0.4) is 0 Å². The van der Waals surface area contributed by atoms with Gasteiger partial charge in [-0.3, -0.25) is 9.89 Å². The summed E-state index contributed by atoms with van der Waals surface area (Å²) < 4.78 is 0. The summed E-state index contributed by atoms with van der Waals surface area (Å²) in [5.41, 5.74) is 7.39. The SMILES string of the molecule is C[C@H]1[C@H]2Cc3ccc(C(=O)NCCc4ccc(-c5cn[nH]c5)cc4)cc3[C@@]1(C)CCC2CC1CC1. The van der Waals surface area contributed by atoms with Crippen molar-refractivity contribution in [1.29, 1.82) is 0 Å². The molecule has 2 bridgehead atoms. The minimum Gasteiger partial charge on any atom is -0.352 e. The molecule has 3 aliphatic rings. The number of H-pyrrole nitrogens is 1. The summed E-state index contributed by atoms with van der Waals surface area (Å²) in [6.07, 6.45) is 12.7. The molecular weight excluding hydrogens is 430 g/mol.